The highest BCUT2D eigenvalue weighted by molar-refractivity contribution is 5.94. The minimum Gasteiger partial charge on any atom is -0.374 e. The summed E-state index contributed by atoms with van der Waals surface area (Å²) in [7, 11) is 0. The van der Waals surface area contributed by atoms with Gasteiger partial charge in [0.25, 0.3) is 5.91 Å². The molecule has 2 fully saturated rings. The molecular formula is C18H21N3O2. The summed E-state index contributed by atoms with van der Waals surface area (Å²) >= 11 is 0. The summed E-state index contributed by atoms with van der Waals surface area (Å²) < 4.78 is 7.62. The van der Waals surface area contributed by atoms with Crippen LogP contribution in [0.25, 0.3) is 0 Å². The van der Waals surface area contributed by atoms with Gasteiger partial charge < -0.3 is 9.64 Å². The Kier molecular flexibility index (Phi) is 3.87. The second kappa shape index (κ2) is 6.16. The van der Waals surface area contributed by atoms with Gasteiger partial charge in [-0.05, 0) is 24.8 Å². The van der Waals surface area contributed by atoms with E-state index in [2.05, 4.69) is 17.2 Å². The average Bonchev–Trinajstić information content (AvgIpc) is 3.24. The molecule has 0 radical (unpaired) electrons. The van der Waals surface area contributed by atoms with Crippen molar-refractivity contribution in [1.82, 2.24) is 14.7 Å². The lowest BCUT2D eigenvalue weighted by Gasteiger charge is -2.37. The zero-order valence-corrected chi connectivity index (χ0v) is 13.1. The molecule has 1 aliphatic carbocycles. The molecule has 5 nitrogen and oxygen atoms in total. The molecule has 0 bridgehead atoms. The lowest BCUT2D eigenvalue weighted by Crippen LogP contribution is -2.51. The Morgan fingerprint density at radius 1 is 1.26 bits per heavy atom. The van der Waals surface area contributed by atoms with E-state index < -0.39 is 0 Å². The maximum atomic E-state index is 12.8. The van der Waals surface area contributed by atoms with Crippen LogP contribution < -0.4 is 0 Å². The van der Waals surface area contributed by atoms with Crippen LogP contribution in [0.1, 0.15) is 35.2 Å². The Morgan fingerprint density at radius 2 is 2.13 bits per heavy atom. The molecule has 23 heavy (non-hydrogen) atoms. The van der Waals surface area contributed by atoms with E-state index in [1.54, 1.807) is 6.20 Å². The Hall–Kier alpha value is -2.14. The lowest BCUT2D eigenvalue weighted by atomic mass is 10.1. The maximum absolute atomic E-state index is 12.8. The van der Waals surface area contributed by atoms with Gasteiger partial charge in [0.1, 0.15) is 0 Å². The second-order valence-electron chi connectivity index (χ2n) is 6.32. The third-order valence-corrected chi connectivity index (χ3v) is 4.81. The number of carbonyl (C=O) groups excluding carboxylic acids is 1. The first-order chi connectivity index (χ1) is 11.3. The maximum Gasteiger partial charge on any atom is 0.257 e. The summed E-state index contributed by atoms with van der Waals surface area (Å²) in [4.78, 5) is 14.8. The molecule has 2 aliphatic rings. The molecule has 1 aromatic carbocycles. The monoisotopic (exact) mass is 311 g/mol. The predicted octanol–water partition coefficient (Wildman–Crippen LogP) is 2.32. The van der Waals surface area contributed by atoms with Crippen LogP contribution in [-0.2, 0) is 11.3 Å². The molecular weight excluding hydrogens is 290 g/mol. The first-order valence-corrected chi connectivity index (χ1v) is 8.30. The fourth-order valence-corrected chi connectivity index (χ4v) is 3.67. The highest BCUT2D eigenvalue weighted by Crippen LogP contribution is 2.30. The average molecular weight is 311 g/mol. The van der Waals surface area contributed by atoms with Crippen molar-refractivity contribution in [3.8, 4) is 0 Å². The number of amides is 1. The van der Waals surface area contributed by atoms with E-state index in [1.807, 2.05) is 34.0 Å². The van der Waals surface area contributed by atoms with E-state index in [1.165, 1.54) is 5.56 Å². The van der Waals surface area contributed by atoms with Gasteiger partial charge in [0.2, 0.25) is 0 Å². The summed E-state index contributed by atoms with van der Waals surface area (Å²) in [6.07, 6.45) is 7.04. The van der Waals surface area contributed by atoms with E-state index in [-0.39, 0.29) is 18.1 Å². The van der Waals surface area contributed by atoms with Crippen LogP contribution in [0.3, 0.4) is 0 Å². The van der Waals surface area contributed by atoms with Gasteiger partial charge in [-0.3, -0.25) is 9.48 Å². The van der Waals surface area contributed by atoms with E-state index >= 15 is 0 Å². The second-order valence-corrected chi connectivity index (χ2v) is 6.32. The summed E-state index contributed by atoms with van der Waals surface area (Å²) in [6.45, 7) is 2.01. The smallest absolute Gasteiger partial charge is 0.257 e. The number of hydrogen-bond acceptors (Lipinski definition) is 3. The standard InChI is InChI=1S/C18H21N3O2/c22-18(21-9-10-23-17-8-4-7-16(17)21)15-11-19-20(13-15)12-14-5-2-1-3-6-14/h1-3,5-6,11,13,16-17H,4,7-10,12H2/t16-,17+/m0/s1. The summed E-state index contributed by atoms with van der Waals surface area (Å²) in [6, 6.07) is 10.4. The number of fused-ring (bicyclic) bond motifs is 1. The number of benzene rings is 1. The Bertz CT molecular complexity index is 683. The summed E-state index contributed by atoms with van der Waals surface area (Å²) in [5, 5.41) is 4.35. The molecule has 0 unspecified atom stereocenters. The summed E-state index contributed by atoms with van der Waals surface area (Å²) in [5.74, 6) is 0.0875. The molecule has 4 rings (SSSR count). The van der Waals surface area contributed by atoms with Crippen molar-refractivity contribution in [2.24, 2.45) is 0 Å². The van der Waals surface area contributed by atoms with E-state index in [0.717, 1.165) is 19.3 Å². The number of rotatable bonds is 3. The van der Waals surface area contributed by atoms with Gasteiger partial charge in [-0.1, -0.05) is 30.3 Å². The number of morpholine rings is 1. The van der Waals surface area contributed by atoms with Crippen LogP contribution in [0.4, 0.5) is 0 Å². The molecule has 5 heteroatoms. The van der Waals surface area contributed by atoms with Gasteiger partial charge in [0.05, 0.1) is 37.1 Å². The van der Waals surface area contributed by atoms with Gasteiger partial charge in [0, 0.05) is 12.7 Å². The van der Waals surface area contributed by atoms with Crippen molar-refractivity contribution in [2.45, 2.75) is 38.0 Å². The van der Waals surface area contributed by atoms with Gasteiger partial charge in [-0.2, -0.15) is 5.10 Å². The Balaban J connectivity index is 1.48. The largest absolute Gasteiger partial charge is 0.374 e. The number of nitrogens with zero attached hydrogens (tertiary/aromatic N) is 3. The molecule has 120 valence electrons. The topological polar surface area (TPSA) is 47.4 Å². The normalized spacial score (nSPS) is 23.7. The first-order valence-electron chi connectivity index (χ1n) is 8.30. The van der Waals surface area contributed by atoms with Gasteiger partial charge >= 0.3 is 0 Å². The highest BCUT2D eigenvalue weighted by atomic mass is 16.5. The van der Waals surface area contributed by atoms with Crippen LogP contribution >= 0.6 is 0 Å². The molecule has 2 aromatic rings. The van der Waals surface area contributed by atoms with Crippen molar-refractivity contribution < 1.29 is 9.53 Å². The van der Waals surface area contributed by atoms with Gasteiger partial charge in [-0.25, -0.2) is 0 Å². The lowest BCUT2D eigenvalue weighted by molar-refractivity contribution is -0.0445. The molecule has 1 saturated carbocycles. The molecule has 1 aliphatic heterocycles. The van der Waals surface area contributed by atoms with Crippen molar-refractivity contribution in [3.05, 3.63) is 53.9 Å². The van der Waals surface area contributed by atoms with Crippen LogP contribution in [0.5, 0.6) is 0 Å². The number of ether oxygens (including phenoxy) is 1. The van der Waals surface area contributed by atoms with E-state index in [9.17, 15) is 4.79 Å². The fraction of sp³-hybridized carbons (Fsp3) is 0.444. The molecule has 2 atom stereocenters. The van der Waals surface area contributed by atoms with Gasteiger partial charge in [0.15, 0.2) is 0 Å². The Morgan fingerprint density at radius 3 is 3.00 bits per heavy atom. The quantitative estimate of drug-likeness (QED) is 0.874. The number of hydrogen-bond donors (Lipinski definition) is 0. The van der Waals surface area contributed by atoms with Crippen LogP contribution in [-0.4, -0.2) is 45.9 Å². The van der Waals surface area contributed by atoms with Crippen LogP contribution in [0.2, 0.25) is 0 Å². The van der Waals surface area contributed by atoms with E-state index in [4.69, 9.17) is 4.74 Å². The molecule has 0 spiro atoms. The van der Waals surface area contributed by atoms with Crippen molar-refractivity contribution in [1.29, 1.82) is 0 Å². The van der Waals surface area contributed by atoms with Crippen LogP contribution in [0, 0.1) is 0 Å². The first kappa shape index (κ1) is 14.5. The highest BCUT2D eigenvalue weighted by Gasteiger charge is 2.38. The zero-order chi connectivity index (χ0) is 15.6. The number of carbonyl (C=O) groups is 1. The zero-order valence-electron chi connectivity index (χ0n) is 13.1. The minimum atomic E-state index is 0.0875. The molecule has 1 aromatic heterocycles. The fourth-order valence-electron chi connectivity index (χ4n) is 3.67. The third-order valence-electron chi connectivity index (χ3n) is 4.81. The SMILES string of the molecule is O=C(c1cnn(Cc2ccccc2)c1)N1CCO[C@@H]2CCC[C@@H]21. The number of aromatic nitrogens is 2. The molecule has 2 heterocycles. The molecule has 0 N–H and O–H groups in total. The Labute approximate surface area is 135 Å². The van der Waals surface area contributed by atoms with E-state index in [0.29, 0.717) is 25.3 Å². The van der Waals surface area contributed by atoms with Crippen molar-refractivity contribution >= 4 is 5.91 Å². The summed E-state index contributed by atoms with van der Waals surface area (Å²) in [5.41, 5.74) is 1.85. The minimum absolute atomic E-state index is 0.0875. The van der Waals surface area contributed by atoms with Crippen molar-refractivity contribution in [3.63, 3.8) is 0 Å². The molecule has 1 amide bonds. The van der Waals surface area contributed by atoms with Gasteiger partial charge in [-0.15, -0.1) is 0 Å². The third kappa shape index (κ3) is 2.88. The molecule has 1 saturated heterocycles. The predicted molar refractivity (Wildman–Crippen MR) is 86.2 cm³/mol. The van der Waals surface area contributed by atoms with Crippen molar-refractivity contribution in [2.75, 3.05) is 13.2 Å². The van der Waals surface area contributed by atoms with Crippen LogP contribution in [0.15, 0.2) is 42.7 Å².